The van der Waals surface area contributed by atoms with Crippen molar-refractivity contribution in [3.05, 3.63) is 48.0 Å². The molecule has 1 aliphatic carbocycles. The van der Waals surface area contributed by atoms with E-state index in [4.69, 9.17) is 0 Å². The molecule has 0 heterocycles. The molecule has 1 aromatic rings. The van der Waals surface area contributed by atoms with Crippen molar-refractivity contribution in [1.29, 1.82) is 0 Å². The van der Waals surface area contributed by atoms with Crippen molar-refractivity contribution >= 4 is 0 Å². The Kier molecular flexibility index (Phi) is 9.38. The molecular formula is C23H36O3. The van der Waals surface area contributed by atoms with Crippen LogP contribution in [0.5, 0.6) is 0 Å². The third kappa shape index (κ3) is 6.86. The molecule has 1 fully saturated rings. The Morgan fingerprint density at radius 2 is 1.77 bits per heavy atom. The third-order valence-corrected chi connectivity index (χ3v) is 5.76. The molecule has 3 nitrogen and oxygen atoms in total. The van der Waals surface area contributed by atoms with Gasteiger partial charge in [-0.25, -0.2) is 0 Å². The molecule has 5 atom stereocenters. The van der Waals surface area contributed by atoms with Crippen LogP contribution in [0.25, 0.3) is 0 Å². The van der Waals surface area contributed by atoms with Crippen molar-refractivity contribution in [2.45, 2.75) is 83.0 Å². The van der Waals surface area contributed by atoms with Crippen LogP contribution < -0.4 is 0 Å². The smallest absolute Gasteiger partial charge is 0.0599 e. The van der Waals surface area contributed by atoms with Crippen molar-refractivity contribution in [3.63, 3.8) is 0 Å². The molecular weight excluding hydrogens is 324 g/mol. The van der Waals surface area contributed by atoms with Gasteiger partial charge in [-0.1, -0.05) is 62.2 Å². The summed E-state index contributed by atoms with van der Waals surface area (Å²) in [5, 5.41) is 30.9. The first-order valence-corrected chi connectivity index (χ1v) is 10.3. The molecule has 3 N–H and O–H groups in total. The molecule has 146 valence electrons. The van der Waals surface area contributed by atoms with Gasteiger partial charge in [0.15, 0.2) is 0 Å². The SMILES string of the molecule is CCCC/C=C\CC1[C@@H](CC[C@@H](O)CCc2ccccc2)[C@H](O)C[C@@H]1O. The largest absolute Gasteiger partial charge is 0.393 e. The van der Waals surface area contributed by atoms with Gasteiger partial charge in [-0.05, 0) is 62.3 Å². The standard InChI is InChI=1S/C23H36O3/c1-2-3-4-5-9-12-20-21(23(26)17-22(20)25)16-15-19(24)14-13-18-10-7-6-8-11-18/h5-11,19-26H,2-4,12-17H2,1H3/b9-5-/t19-,20?,21+,22-,23+/m0/s1. The minimum Gasteiger partial charge on any atom is -0.393 e. The number of aryl methyl sites for hydroxylation is 1. The number of hydrogen-bond acceptors (Lipinski definition) is 3. The third-order valence-electron chi connectivity index (χ3n) is 5.76. The monoisotopic (exact) mass is 360 g/mol. The Bertz CT molecular complexity index is 513. The van der Waals surface area contributed by atoms with Crippen LogP contribution in [-0.4, -0.2) is 33.6 Å². The van der Waals surface area contributed by atoms with E-state index >= 15 is 0 Å². The zero-order valence-corrected chi connectivity index (χ0v) is 16.1. The van der Waals surface area contributed by atoms with E-state index in [1.54, 1.807) is 0 Å². The fraction of sp³-hybridized carbons (Fsp3) is 0.652. The Hall–Kier alpha value is -1.16. The van der Waals surface area contributed by atoms with E-state index in [9.17, 15) is 15.3 Å². The second-order valence-electron chi connectivity index (χ2n) is 7.80. The molecule has 0 radical (unpaired) electrons. The van der Waals surface area contributed by atoms with Gasteiger partial charge in [0, 0.05) is 0 Å². The molecule has 1 saturated carbocycles. The first kappa shape index (κ1) is 21.1. The van der Waals surface area contributed by atoms with E-state index in [0.717, 1.165) is 32.1 Å². The van der Waals surface area contributed by atoms with Crippen LogP contribution in [0.3, 0.4) is 0 Å². The van der Waals surface area contributed by atoms with Crippen LogP contribution in [0.15, 0.2) is 42.5 Å². The van der Waals surface area contributed by atoms with E-state index in [1.807, 2.05) is 18.2 Å². The molecule has 0 bridgehead atoms. The summed E-state index contributed by atoms with van der Waals surface area (Å²) in [7, 11) is 0. The lowest BCUT2D eigenvalue weighted by molar-refractivity contribution is 0.0857. The van der Waals surface area contributed by atoms with Crippen molar-refractivity contribution < 1.29 is 15.3 Å². The Morgan fingerprint density at radius 1 is 1.04 bits per heavy atom. The molecule has 0 aliphatic heterocycles. The lowest BCUT2D eigenvalue weighted by Crippen LogP contribution is -2.23. The van der Waals surface area contributed by atoms with Gasteiger partial charge in [-0.2, -0.15) is 0 Å². The summed E-state index contributed by atoms with van der Waals surface area (Å²) in [4.78, 5) is 0. The van der Waals surface area contributed by atoms with Gasteiger partial charge >= 0.3 is 0 Å². The van der Waals surface area contributed by atoms with Crippen LogP contribution in [-0.2, 0) is 6.42 Å². The minimum absolute atomic E-state index is 0.0900. The Balaban J connectivity index is 1.76. The van der Waals surface area contributed by atoms with Gasteiger partial charge in [0.25, 0.3) is 0 Å². The van der Waals surface area contributed by atoms with Crippen LogP contribution in [0.1, 0.15) is 63.9 Å². The second kappa shape index (κ2) is 11.5. The van der Waals surface area contributed by atoms with Crippen LogP contribution in [0.4, 0.5) is 0 Å². The van der Waals surface area contributed by atoms with E-state index in [2.05, 4.69) is 31.2 Å². The van der Waals surface area contributed by atoms with Gasteiger partial charge in [0.2, 0.25) is 0 Å². The lowest BCUT2D eigenvalue weighted by Gasteiger charge is -2.23. The summed E-state index contributed by atoms with van der Waals surface area (Å²) < 4.78 is 0. The lowest BCUT2D eigenvalue weighted by atomic mass is 9.85. The van der Waals surface area contributed by atoms with Gasteiger partial charge in [0.05, 0.1) is 18.3 Å². The number of benzene rings is 1. The maximum absolute atomic E-state index is 10.3. The number of hydrogen-bond donors (Lipinski definition) is 3. The summed E-state index contributed by atoms with van der Waals surface area (Å²) in [6, 6.07) is 10.2. The van der Waals surface area contributed by atoms with Crippen molar-refractivity contribution in [2.75, 3.05) is 0 Å². The molecule has 26 heavy (non-hydrogen) atoms. The molecule has 1 aliphatic rings. The Labute approximate surface area is 158 Å². The molecule has 2 rings (SSSR count). The first-order chi connectivity index (χ1) is 12.6. The number of allylic oxidation sites excluding steroid dienone is 2. The van der Waals surface area contributed by atoms with Gasteiger partial charge in [0.1, 0.15) is 0 Å². The van der Waals surface area contributed by atoms with Gasteiger partial charge in [-0.15, -0.1) is 0 Å². The predicted molar refractivity (Wildman–Crippen MR) is 107 cm³/mol. The highest BCUT2D eigenvalue weighted by Gasteiger charge is 2.40. The highest BCUT2D eigenvalue weighted by Crippen LogP contribution is 2.38. The first-order valence-electron chi connectivity index (χ1n) is 10.3. The van der Waals surface area contributed by atoms with Crippen LogP contribution in [0, 0.1) is 11.8 Å². The van der Waals surface area contributed by atoms with Crippen molar-refractivity contribution in [3.8, 4) is 0 Å². The van der Waals surface area contributed by atoms with E-state index in [0.29, 0.717) is 12.8 Å². The summed E-state index contributed by atoms with van der Waals surface area (Å²) in [6.07, 6.45) is 11.0. The molecule has 1 unspecified atom stereocenters. The van der Waals surface area contributed by atoms with Crippen LogP contribution in [0.2, 0.25) is 0 Å². The highest BCUT2D eigenvalue weighted by molar-refractivity contribution is 5.14. The summed E-state index contributed by atoms with van der Waals surface area (Å²) in [6.45, 7) is 2.18. The highest BCUT2D eigenvalue weighted by atomic mass is 16.3. The summed E-state index contributed by atoms with van der Waals surface area (Å²) >= 11 is 0. The van der Waals surface area contributed by atoms with Gasteiger partial charge in [-0.3, -0.25) is 0 Å². The molecule has 1 aromatic carbocycles. The molecule has 0 amide bonds. The number of rotatable bonds is 11. The zero-order chi connectivity index (χ0) is 18.8. The number of unbranched alkanes of at least 4 members (excludes halogenated alkanes) is 2. The maximum atomic E-state index is 10.3. The van der Waals surface area contributed by atoms with Crippen LogP contribution >= 0.6 is 0 Å². The molecule has 0 saturated heterocycles. The summed E-state index contributed by atoms with van der Waals surface area (Å²) in [5.41, 5.74) is 1.25. The Morgan fingerprint density at radius 3 is 2.50 bits per heavy atom. The second-order valence-corrected chi connectivity index (χ2v) is 7.80. The average Bonchev–Trinajstić information content (AvgIpc) is 2.91. The maximum Gasteiger partial charge on any atom is 0.0599 e. The topological polar surface area (TPSA) is 60.7 Å². The fourth-order valence-corrected chi connectivity index (χ4v) is 4.11. The van der Waals surface area contributed by atoms with E-state index < -0.39 is 12.2 Å². The molecule has 0 spiro atoms. The zero-order valence-electron chi connectivity index (χ0n) is 16.1. The van der Waals surface area contributed by atoms with Gasteiger partial charge < -0.3 is 15.3 Å². The average molecular weight is 361 g/mol. The van der Waals surface area contributed by atoms with Crippen molar-refractivity contribution in [1.82, 2.24) is 0 Å². The fourth-order valence-electron chi connectivity index (χ4n) is 4.11. The predicted octanol–water partition coefficient (Wildman–Crippen LogP) is 4.25. The van der Waals surface area contributed by atoms with E-state index in [1.165, 1.54) is 18.4 Å². The quantitative estimate of drug-likeness (QED) is 0.408. The minimum atomic E-state index is -0.444. The van der Waals surface area contributed by atoms with E-state index in [-0.39, 0.29) is 17.9 Å². The normalized spacial score (nSPS) is 27.2. The summed E-state index contributed by atoms with van der Waals surface area (Å²) in [5.74, 6) is 0.205. The molecule has 0 aromatic heterocycles. The van der Waals surface area contributed by atoms with Crippen molar-refractivity contribution in [2.24, 2.45) is 11.8 Å². The molecule has 3 heteroatoms. The number of aliphatic hydroxyl groups excluding tert-OH is 3. The number of aliphatic hydroxyl groups is 3.